The second-order valence-electron chi connectivity index (χ2n) is 6.41. The summed E-state index contributed by atoms with van der Waals surface area (Å²) < 4.78 is 0. The topological polar surface area (TPSA) is 68.0 Å². The summed E-state index contributed by atoms with van der Waals surface area (Å²) in [4.78, 5) is 16.6. The summed E-state index contributed by atoms with van der Waals surface area (Å²) in [5.41, 5.74) is 7.37. The van der Waals surface area contributed by atoms with Crippen LogP contribution in [0.3, 0.4) is 0 Å². The van der Waals surface area contributed by atoms with Crippen molar-refractivity contribution in [2.75, 3.05) is 5.32 Å². The third-order valence-corrected chi connectivity index (χ3v) is 4.95. The first-order valence-corrected chi connectivity index (χ1v) is 7.62. The molecule has 4 nitrogen and oxygen atoms in total. The molecule has 108 valence electrons. The van der Waals surface area contributed by atoms with Crippen LogP contribution in [0.15, 0.2) is 18.3 Å². The van der Waals surface area contributed by atoms with E-state index in [1.807, 2.05) is 19.1 Å². The largest absolute Gasteiger partial charge is 0.327 e. The molecule has 2 unspecified atom stereocenters. The van der Waals surface area contributed by atoms with Crippen LogP contribution in [0.2, 0.25) is 0 Å². The maximum atomic E-state index is 12.4. The molecule has 2 saturated carbocycles. The molecule has 4 heteroatoms. The smallest absolute Gasteiger partial charge is 0.228 e. The van der Waals surface area contributed by atoms with Crippen molar-refractivity contribution in [3.8, 4) is 0 Å². The first kappa shape index (κ1) is 13.6. The Bertz CT molecular complexity index is 471. The van der Waals surface area contributed by atoms with E-state index in [1.165, 1.54) is 19.3 Å². The maximum absolute atomic E-state index is 12.4. The first-order chi connectivity index (χ1) is 9.63. The van der Waals surface area contributed by atoms with E-state index < -0.39 is 0 Å². The van der Waals surface area contributed by atoms with Crippen molar-refractivity contribution in [2.24, 2.45) is 23.5 Å². The summed E-state index contributed by atoms with van der Waals surface area (Å²) in [5, 5.41) is 2.95. The van der Waals surface area contributed by atoms with Gasteiger partial charge in [-0.25, -0.2) is 4.98 Å². The molecular weight excluding hydrogens is 250 g/mol. The number of carbonyl (C=O) groups is 1. The SMILES string of the molecule is Cc1ccc(NC(=O)C2CC3CCCC(C2)C3N)nc1. The molecule has 2 fully saturated rings. The zero-order chi connectivity index (χ0) is 14.1. The molecule has 1 aromatic rings. The minimum Gasteiger partial charge on any atom is -0.327 e. The molecule has 0 aromatic carbocycles. The van der Waals surface area contributed by atoms with Crippen molar-refractivity contribution in [3.05, 3.63) is 23.9 Å². The second-order valence-corrected chi connectivity index (χ2v) is 6.41. The van der Waals surface area contributed by atoms with Crippen LogP contribution < -0.4 is 11.1 Å². The molecular formula is C16H23N3O. The van der Waals surface area contributed by atoms with Gasteiger partial charge in [-0.1, -0.05) is 12.5 Å². The number of rotatable bonds is 2. The highest BCUT2D eigenvalue weighted by Crippen LogP contribution is 2.42. The van der Waals surface area contributed by atoms with E-state index in [9.17, 15) is 4.79 Å². The van der Waals surface area contributed by atoms with E-state index in [4.69, 9.17) is 5.73 Å². The number of pyridine rings is 1. The zero-order valence-corrected chi connectivity index (χ0v) is 12.0. The van der Waals surface area contributed by atoms with Gasteiger partial charge in [0.1, 0.15) is 5.82 Å². The minimum atomic E-state index is 0.105. The molecule has 0 aliphatic heterocycles. The molecule has 3 N–H and O–H groups in total. The molecule has 1 heterocycles. The van der Waals surface area contributed by atoms with E-state index in [-0.39, 0.29) is 11.8 Å². The Labute approximate surface area is 120 Å². The Morgan fingerprint density at radius 1 is 1.30 bits per heavy atom. The van der Waals surface area contributed by atoms with E-state index in [1.54, 1.807) is 6.20 Å². The number of fused-ring (bicyclic) bond motifs is 2. The molecule has 0 spiro atoms. The van der Waals surface area contributed by atoms with Crippen molar-refractivity contribution in [3.63, 3.8) is 0 Å². The number of nitrogens with one attached hydrogen (secondary N) is 1. The molecule has 20 heavy (non-hydrogen) atoms. The van der Waals surface area contributed by atoms with Crippen LogP contribution in [0.25, 0.3) is 0 Å². The van der Waals surface area contributed by atoms with E-state index in [2.05, 4.69) is 10.3 Å². The summed E-state index contributed by atoms with van der Waals surface area (Å²) in [7, 11) is 0. The van der Waals surface area contributed by atoms with Gasteiger partial charge in [0, 0.05) is 18.2 Å². The minimum absolute atomic E-state index is 0.105. The lowest BCUT2D eigenvalue weighted by atomic mass is 9.65. The summed E-state index contributed by atoms with van der Waals surface area (Å²) in [5.74, 6) is 1.94. The molecule has 2 aliphatic carbocycles. The number of nitrogens with zero attached hydrogens (tertiary/aromatic N) is 1. The normalized spacial score (nSPS) is 32.7. The third-order valence-electron chi connectivity index (χ3n) is 4.95. The summed E-state index contributed by atoms with van der Waals surface area (Å²) in [6.07, 6.45) is 7.30. The van der Waals surface area contributed by atoms with E-state index in [0.717, 1.165) is 18.4 Å². The van der Waals surface area contributed by atoms with Crippen molar-refractivity contribution >= 4 is 11.7 Å². The van der Waals surface area contributed by atoms with Gasteiger partial charge in [-0.2, -0.15) is 0 Å². The number of carbonyl (C=O) groups excluding carboxylic acids is 1. The van der Waals surface area contributed by atoms with E-state index >= 15 is 0 Å². The van der Waals surface area contributed by atoms with Crippen LogP contribution in [0.5, 0.6) is 0 Å². The van der Waals surface area contributed by atoms with Gasteiger partial charge in [0.05, 0.1) is 0 Å². The average Bonchev–Trinajstić information content (AvgIpc) is 2.41. The summed E-state index contributed by atoms with van der Waals surface area (Å²) in [6.45, 7) is 1.99. The fourth-order valence-corrected chi connectivity index (χ4v) is 3.77. The van der Waals surface area contributed by atoms with Gasteiger partial charge in [-0.15, -0.1) is 0 Å². The number of nitrogens with two attached hydrogens (primary N) is 1. The lowest BCUT2D eigenvalue weighted by Gasteiger charge is -2.43. The predicted octanol–water partition coefficient (Wildman–Crippen LogP) is 2.48. The fraction of sp³-hybridized carbons (Fsp3) is 0.625. The Morgan fingerprint density at radius 3 is 2.60 bits per heavy atom. The van der Waals surface area contributed by atoms with Gasteiger partial charge in [0.25, 0.3) is 0 Å². The maximum Gasteiger partial charge on any atom is 0.228 e. The van der Waals surface area contributed by atoms with Gasteiger partial charge < -0.3 is 11.1 Å². The molecule has 3 rings (SSSR count). The van der Waals surface area contributed by atoms with Crippen LogP contribution in [0.4, 0.5) is 5.82 Å². The van der Waals surface area contributed by atoms with Crippen molar-refractivity contribution in [1.29, 1.82) is 0 Å². The summed E-state index contributed by atoms with van der Waals surface area (Å²) in [6, 6.07) is 4.14. The Balaban J connectivity index is 1.64. The standard InChI is InChI=1S/C16H23N3O/c1-10-5-6-14(18-9-10)19-16(20)13-7-11-3-2-4-12(8-13)15(11)17/h5-6,9,11-13,15H,2-4,7-8,17H2,1H3,(H,18,19,20). The molecule has 1 aromatic heterocycles. The number of amides is 1. The Kier molecular flexibility index (Phi) is 3.74. The number of hydrogen-bond acceptors (Lipinski definition) is 3. The van der Waals surface area contributed by atoms with Crippen LogP contribution in [-0.4, -0.2) is 16.9 Å². The van der Waals surface area contributed by atoms with Crippen molar-refractivity contribution in [2.45, 2.75) is 45.1 Å². The monoisotopic (exact) mass is 273 g/mol. The Morgan fingerprint density at radius 2 is 2.00 bits per heavy atom. The van der Waals surface area contributed by atoms with Crippen molar-refractivity contribution < 1.29 is 4.79 Å². The quantitative estimate of drug-likeness (QED) is 0.870. The average molecular weight is 273 g/mol. The van der Waals surface area contributed by atoms with Crippen molar-refractivity contribution in [1.82, 2.24) is 4.98 Å². The highest BCUT2D eigenvalue weighted by atomic mass is 16.1. The lowest BCUT2D eigenvalue weighted by molar-refractivity contribution is -0.122. The Hall–Kier alpha value is -1.42. The number of hydrogen-bond donors (Lipinski definition) is 2. The van der Waals surface area contributed by atoms with Gasteiger partial charge in [0.2, 0.25) is 5.91 Å². The highest BCUT2D eigenvalue weighted by molar-refractivity contribution is 5.91. The predicted molar refractivity (Wildman–Crippen MR) is 79.1 cm³/mol. The second kappa shape index (κ2) is 5.52. The molecule has 1 amide bonds. The van der Waals surface area contributed by atoms with Crippen LogP contribution in [0, 0.1) is 24.7 Å². The van der Waals surface area contributed by atoms with Crippen LogP contribution in [-0.2, 0) is 4.79 Å². The zero-order valence-electron chi connectivity index (χ0n) is 12.0. The first-order valence-electron chi connectivity index (χ1n) is 7.62. The third kappa shape index (κ3) is 2.70. The highest BCUT2D eigenvalue weighted by Gasteiger charge is 2.40. The van der Waals surface area contributed by atoms with Gasteiger partial charge in [-0.05, 0) is 56.1 Å². The summed E-state index contributed by atoms with van der Waals surface area (Å²) >= 11 is 0. The molecule has 2 aliphatic rings. The molecule has 2 atom stereocenters. The van der Waals surface area contributed by atoms with E-state index in [0.29, 0.717) is 23.7 Å². The lowest BCUT2D eigenvalue weighted by Crippen LogP contribution is -2.48. The number of aromatic nitrogens is 1. The van der Waals surface area contributed by atoms with Crippen LogP contribution in [0.1, 0.15) is 37.7 Å². The molecule has 0 saturated heterocycles. The molecule has 2 bridgehead atoms. The number of aryl methyl sites for hydroxylation is 1. The molecule has 0 radical (unpaired) electrons. The van der Waals surface area contributed by atoms with Crippen LogP contribution >= 0.6 is 0 Å². The fourth-order valence-electron chi connectivity index (χ4n) is 3.77. The van der Waals surface area contributed by atoms with Gasteiger partial charge in [-0.3, -0.25) is 4.79 Å². The van der Waals surface area contributed by atoms with Gasteiger partial charge in [0.15, 0.2) is 0 Å². The van der Waals surface area contributed by atoms with Gasteiger partial charge >= 0.3 is 0 Å². The number of anilines is 1.